The summed E-state index contributed by atoms with van der Waals surface area (Å²) in [5.41, 5.74) is 4.33. The molecule has 0 unspecified atom stereocenters. The van der Waals surface area contributed by atoms with E-state index in [9.17, 15) is 5.11 Å². The fraction of sp³-hybridized carbons (Fsp3) is 0.0870. The molecule has 1 aromatic heterocycles. The van der Waals surface area contributed by atoms with E-state index in [0.717, 1.165) is 32.2 Å². The van der Waals surface area contributed by atoms with Crippen LogP contribution in [-0.2, 0) is 6.54 Å². The lowest BCUT2D eigenvalue weighted by Crippen LogP contribution is -2.04. The number of azo groups is 1. The number of benzene rings is 3. The molecule has 5 nitrogen and oxygen atoms in total. The number of nitrogens with zero attached hydrogens (tertiary/aromatic N) is 3. The average molecular weight is 479 g/mol. The first-order chi connectivity index (χ1) is 14.5. The normalized spacial score (nSPS) is 11.3. The molecule has 0 saturated heterocycles. The predicted octanol–water partition coefficient (Wildman–Crippen LogP) is 6.95. The van der Waals surface area contributed by atoms with Crippen molar-refractivity contribution in [1.82, 2.24) is 4.57 Å². The van der Waals surface area contributed by atoms with Gasteiger partial charge >= 0.3 is 0 Å². The van der Waals surface area contributed by atoms with Crippen molar-refractivity contribution >= 4 is 55.5 Å². The first-order valence-corrected chi connectivity index (χ1v) is 10.6. The lowest BCUT2D eigenvalue weighted by atomic mass is 10.2. The van der Waals surface area contributed by atoms with Gasteiger partial charge in [0, 0.05) is 15.5 Å². The number of aromatic hydroxyl groups is 1. The molecule has 3 aromatic carbocycles. The maximum absolute atomic E-state index is 10.9. The van der Waals surface area contributed by atoms with Crippen LogP contribution in [0.5, 0.6) is 5.88 Å². The van der Waals surface area contributed by atoms with Gasteiger partial charge < -0.3 is 15.0 Å². The topological polar surface area (TPSA) is 61.9 Å². The lowest BCUT2D eigenvalue weighted by molar-refractivity contribution is 0.429. The van der Waals surface area contributed by atoms with E-state index >= 15 is 0 Å². The van der Waals surface area contributed by atoms with Crippen LogP contribution in [0.1, 0.15) is 11.1 Å². The molecule has 4 aromatic rings. The molecule has 1 heterocycles. The Balaban J connectivity index is 1.66. The van der Waals surface area contributed by atoms with Gasteiger partial charge in [0.15, 0.2) is 5.69 Å². The third-order valence-electron chi connectivity index (χ3n) is 4.70. The standard InChI is InChI=1S/C23H19BrN4OS/c1-15-7-10-18(11-8-15)25-23(30)27-26-21-19-13-17(24)9-12-20(19)28(22(21)29)14-16-5-3-2-4-6-16/h2-13,29H,14H2,1H3,(H,25,30). The van der Waals surface area contributed by atoms with Crippen LogP contribution in [0.15, 0.2) is 87.5 Å². The number of halogens is 1. The molecule has 30 heavy (non-hydrogen) atoms. The zero-order valence-corrected chi connectivity index (χ0v) is 18.6. The molecule has 0 fully saturated rings. The van der Waals surface area contributed by atoms with Crippen LogP contribution in [-0.4, -0.2) is 14.8 Å². The second-order valence-electron chi connectivity index (χ2n) is 6.90. The van der Waals surface area contributed by atoms with Gasteiger partial charge in [0.2, 0.25) is 11.0 Å². The molecular weight excluding hydrogens is 460 g/mol. The summed E-state index contributed by atoms with van der Waals surface area (Å²) in [5.74, 6) is 0.0499. The average Bonchev–Trinajstić information content (AvgIpc) is 2.99. The number of thiocarbonyl (C=S) groups is 1. The number of rotatable bonds is 4. The highest BCUT2D eigenvalue weighted by Crippen LogP contribution is 2.40. The van der Waals surface area contributed by atoms with Crippen molar-refractivity contribution in [2.24, 2.45) is 10.2 Å². The third kappa shape index (κ3) is 4.42. The summed E-state index contributed by atoms with van der Waals surface area (Å²) in [7, 11) is 0. The second kappa shape index (κ2) is 8.77. The summed E-state index contributed by atoms with van der Waals surface area (Å²) in [5, 5.41) is 23.4. The molecule has 7 heteroatoms. The highest BCUT2D eigenvalue weighted by atomic mass is 79.9. The quantitative estimate of drug-likeness (QED) is 0.246. The molecule has 4 rings (SSSR count). The lowest BCUT2D eigenvalue weighted by Gasteiger charge is -2.07. The van der Waals surface area contributed by atoms with E-state index in [1.807, 2.05) is 84.3 Å². The summed E-state index contributed by atoms with van der Waals surface area (Å²) in [6, 6.07) is 23.6. The zero-order valence-electron chi connectivity index (χ0n) is 16.2. The van der Waals surface area contributed by atoms with Gasteiger partial charge in [-0.15, -0.1) is 10.2 Å². The largest absolute Gasteiger partial charge is 0.493 e. The van der Waals surface area contributed by atoms with E-state index in [1.54, 1.807) is 0 Å². The fourth-order valence-electron chi connectivity index (χ4n) is 3.20. The molecular formula is C23H19BrN4OS. The maximum Gasteiger partial charge on any atom is 0.221 e. The van der Waals surface area contributed by atoms with E-state index in [-0.39, 0.29) is 11.0 Å². The van der Waals surface area contributed by atoms with Crippen LogP contribution in [0.2, 0.25) is 0 Å². The van der Waals surface area contributed by atoms with Crippen molar-refractivity contribution in [3.63, 3.8) is 0 Å². The molecule has 150 valence electrons. The van der Waals surface area contributed by atoms with Gasteiger partial charge in [-0.3, -0.25) is 0 Å². The van der Waals surface area contributed by atoms with Crippen LogP contribution in [0, 0.1) is 6.92 Å². The summed E-state index contributed by atoms with van der Waals surface area (Å²) in [6.45, 7) is 2.54. The molecule has 0 radical (unpaired) electrons. The highest BCUT2D eigenvalue weighted by Gasteiger charge is 2.17. The Kier molecular flexibility index (Phi) is 5.92. The Morgan fingerprint density at radius 2 is 1.80 bits per heavy atom. The molecule has 0 bridgehead atoms. The summed E-state index contributed by atoms with van der Waals surface area (Å²) in [4.78, 5) is 0. The number of hydrogen-bond donors (Lipinski definition) is 2. The number of anilines is 1. The minimum atomic E-state index is 0.0499. The van der Waals surface area contributed by atoms with Gasteiger partial charge in [0.1, 0.15) is 0 Å². The number of aromatic nitrogens is 1. The molecule has 0 saturated carbocycles. The first kappa shape index (κ1) is 20.3. The van der Waals surface area contributed by atoms with E-state index in [2.05, 4.69) is 31.5 Å². The Morgan fingerprint density at radius 1 is 1.07 bits per heavy atom. The van der Waals surface area contributed by atoms with Gasteiger partial charge in [0.25, 0.3) is 0 Å². The van der Waals surface area contributed by atoms with Crippen molar-refractivity contribution < 1.29 is 5.11 Å². The Morgan fingerprint density at radius 3 is 2.53 bits per heavy atom. The van der Waals surface area contributed by atoms with E-state index in [1.165, 1.54) is 0 Å². The van der Waals surface area contributed by atoms with E-state index < -0.39 is 0 Å². The summed E-state index contributed by atoms with van der Waals surface area (Å²) >= 11 is 8.80. The molecule has 0 aliphatic heterocycles. The number of aryl methyl sites for hydroxylation is 1. The highest BCUT2D eigenvalue weighted by molar-refractivity contribution is 9.10. The van der Waals surface area contributed by atoms with Gasteiger partial charge in [-0.2, -0.15) is 0 Å². The number of hydrogen-bond acceptors (Lipinski definition) is 3. The number of nitrogens with one attached hydrogen (secondary N) is 1. The molecule has 0 aliphatic carbocycles. The molecule has 2 N–H and O–H groups in total. The smallest absolute Gasteiger partial charge is 0.221 e. The summed E-state index contributed by atoms with van der Waals surface area (Å²) < 4.78 is 2.71. The molecule has 0 amide bonds. The van der Waals surface area contributed by atoms with Crippen molar-refractivity contribution in [2.75, 3.05) is 5.32 Å². The van der Waals surface area contributed by atoms with Crippen LogP contribution in [0.3, 0.4) is 0 Å². The molecule has 0 atom stereocenters. The van der Waals surface area contributed by atoms with Gasteiger partial charge in [-0.05, 0) is 55.0 Å². The van der Waals surface area contributed by atoms with Crippen molar-refractivity contribution in [3.05, 3.63) is 88.4 Å². The van der Waals surface area contributed by atoms with Gasteiger partial charge in [0.05, 0.1) is 12.1 Å². The minimum Gasteiger partial charge on any atom is -0.493 e. The zero-order chi connectivity index (χ0) is 21.1. The second-order valence-corrected chi connectivity index (χ2v) is 8.20. The van der Waals surface area contributed by atoms with Crippen molar-refractivity contribution in [3.8, 4) is 5.88 Å². The Hall–Kier alpha value is -3.03. The SMILES string of the molecule is Cc1ccc(NC(=S)N=Nc2c(O)n(Cc3ccccc3)c3ccc(Br)cc23)cc1. The first-order valence-electron chi connectivity index (χ1n) is 9.35. The van der Waals surface area contributed by atoms with Gasteiger partial charge in [-0.1, -0.05) is 64.0 Å². The van der Waals surface area contributed by atoms with Crippen LogP contribution in [0.4, 0.5) is 11.4 Å². The monoisotopic (exact) mass is 478 g/mol. The minimum absolute atomic E-state index is 0.0499. The van der Waals surface area contributed by atoms with Crippen molar-refractivity contribution in [1.29, 1.82) is 0 Å². The Bertz CT molecular complexity index is 1230. The summed E-state index contributed by atoms with van der Waals surface area (Å²) in [6.07, 6.45) is 0. The molecule has 0 aliphatic rings. The Labute approximate surface area is 188 Å². The maximum atomic E-state index is 10.9. The van der Waals surface area contributed by atoms with Gasteiger partial charge in [-0.25, -0.2) is 0 Å². The number of fused-ring (bicyclic) bond motifs is 1. The third-order valence-corrected chi connectivity index (χ3v) is 5.38. The fourth-order valence-corrected chi connectivity index (χ4v) is 3.72. The van der Waals surface area contributed by atoms with Crippen molar-refractivity contribution in [2.45, 2.75) is 13.5 Å². The van der Waals surface area contributed by atoms with Crippen LogP contribution in [0.25, 0.3) is 10.9 Å². The van der Waals surface area contributed by atoms with E-state index in [0.29, 0.717) is 12.2 Å². The predicted molar refractivity (Wildman–Crippen MR) is 129 cm³/mol. The van der Waals surface area contributed by atoms with Crippen LogP contribution < -0.4 is 5.32 Å². The molecule has 0 spiro atoms. The van der Waals surface area contributed by atoms with Crippen LogP contribution >= 0.6 is 28.1 Å². The van der Waals surface area contributed by atoms with E-state index in [4.69, 9.17) is 12.2 Å².